The molecular formula is C73H62N8O8S4+4. The highest BCUT2D eigenvalue weighted by Gasteiger charge is 2.36. The Bertz CT molecular complexity index is 5270. The number of hydrogen-bond donors (Lipinski definition) is 0. The van der Waals surface area contributed by atoms with Crippen LogP contribution in [0, 0.1) is 0 Å². The van der Waals surface area contributed by atoms with Crippen LogP contribution in [0.25, 0.3) is 22.3 Å². The first-order valence-electron chi connectivity index (χ1n) is 29.9. The molecular weight excluding hydrogens is 1250 g/mol. The molecule has 20 heteroatoms. The van der Waals surface area contributed by atoms with Crippen molar-refractivity contribution in [2.24, 2.45) is 9.98 Å². The zero-order valence-electron chi connectivity index (χ0n) is 51.1. The molecule has 10 aromatic rings. The molecule has 6 aromatic heterocycles. The van der Waals surface area contributed by atoms with E-state index in [1.54, 1.807) is 48.5 Å². The van der Waals surface area contributed by atoms with Crippen LogP contribution in [-0.2, 0) is 72.2 Å². The minimum absolute atomic E-state index is 0.227. The third-order valence-electron chi connectivity index (χ3n) is 17.2. The molecule has 4 aliphatic rings. The molecule has 4 aromatic carbocycles. The molecule has 14 rings (SSSR count). The number of hydrogen-bond acceptors (Lipinski definition) is 10. The van der Waals surface area contributed by atoms with Gasteiger partial charge in [0.15, 0.2) is 90.3 Å². The maximum atomic E-state index is 12.7. The fraction of sp³-hybridized carbons (Fsp3) is 0.123. The lowest BCUT2D eigenvalue weighted by Gasteiger charge is -2.21. The number of pyridine rings is 4. The Morgan fingerprint density at radius 2 is 0.602 bits per heavy atom. The van der Waals surface area contributed by atoms with Crippen LogP contribution in [0.4, 0.5) is 0 Å². The minimum Gasteiger partial charge on any atom is -0.321 e. The van der Waals surface area contributed by atoms with Crippen LogP contribution in [0.2, 0.25) is 0 Å². The molecule has 0 saturated heterocycles. The van der Waals surface area contributed by atoms with E-state index in [1.807, 2.05) is 122 Å². The Labute approximate surface area is 539 Å². The molecule has 0 radical (unpaired) electrons. The van der Waals surface area contributed by atoms with Crippen molar-refractivity contribution >= 4 is 73.1 Å². The smallest absolute Gasteiger partial charge is 0.217 e. The van der Waals surface area contributed by atoms with E-state index in [0.717, 1.165) is 89.4 Å². The van der Waals surface area contributed by atoms with Crippen molar-refractivity contribution in [3.63, 3.8) is 0 Å². The lowest BCUT2D eigenvalue weighted by molar-refractivity contribution is -0.690. The summed E-state index contributed by atoms with van der Waals surface area (Å²) in [6.07, 6.45) is 21.2. The summed E-state index contributed by atoms with van der Waals surface area (Å²) in [5.41, 5.74) is 14.6. The van der Waals surface area contributed by atoms with Gasteiger partial charge in [-0.05, 0) is 121 Å². The first-order valence-corrected chi connectivity index (χ1v) is 37.5. The Balaban J connectivity index is 1.07. The molecule has 10 heterocycles. The van der Waals surface area contributed by atoms with Crippen molar-refractivity contribution in [1.82, 2.24) is 9.13 Å². The highest BCUT2D eigenvalue weighted by molar-refractivity contribution is 7.91. The lowest BCUT2D eigenvalue weighted by Crippen LogP contribution is -2.44. The SMILES string of the molecule is CS(=O)(=O)c1ccc(C[n+]2ccccc2C2=C3C=CC(=N3)C(c3cccc[n+]3Cc3ccc(S(C)(=O)=O)cc3)=c3ccc4n3Cn3c2ccc3C(c2cccc[n+]2Cc2ccc(S(C)(=O)=O)cc2)=C2C=CC(=N2)C=4c2cccc[n+]2Cc2ccc(S(C)(=O)=O)cc2)cc1. The third-order valence-corrected chi connectivity index (χ3v) is 21.7. The molecule has 0 aliphatic carbocycles. The van der Waals surface area contributed by atoms with Gasteiger partial charge in [-0.1, -0.05) is 48.5 Å². The Morgan fingerprint density at radius 1 is 0.323 bits per heavy atom. The normalized spacial score (nSPS) is 14.6. The molecule has 0 N–H and O–H groups in total. The first-order chi connectivity index (χ1) is 44.6. The molecule has 0 saturated carbocycles. The van der Waals surface area contributed by atoms with Crippen LogP contribution in [0.1, 0.15) is 56.4 Å². The average molecular weight is 1310 g/mol. The van der Waals surface area contributed by atoms with Gasteiger partial charge in [0, 0.05) is 95.8 Å². The number of fused-ring (bicyclic) bond motifs is 2. The molecule has 6 bridgehead atoms. The second-order valence-electron chi connectivity index (χ2n) is 23.7. The van der Waals surface area contributed by atoms with Gasteiger partial charge in [-0.25, -0.2) is 43.7 Å². The van der Waals surface area contributed by atoms with Crippen molar-refractivity contribution in [1.29, 1.82) is 0 Å². The van der Waals surface area contributed by atoms with Crippen LogP contribution in [0.5, 0.6) is 0 Å². The molecule has 0 unspecified atom stereocenters. The Hall–Kier alpha value is -10.1. The van der Waals surface area contributed by atoms with E-state index in [9.17, 15) is 33.7 Å². The van der Waals surface area contributed by atoms with Gasteiger partial charge < -0.3 is 9.13 Å². The van der Waals surface area contributed by atoms with Crippen LogP contribution < -0.4 is 29.0 Å². The number of nitrogens with zero attached hydrogens (tertiary/aromatic N) is 8. The first kappa shape index (κ1) is 60.4. The summed E-state index contributed by atoms with van der Waals surface area (Å²) in [5.74, 6) is 0. The second-order valence-corrected chi connectivity index (χ2v) is 31.7. The Kier molecular flexibility index (Phi) is 15.3. The largest absolute Gasteiger partial charge is 0.321 e. The van der Waals surface area contributed by atoms with E-state index < -0.39 is 39.3 Å². The van der Waals surface area contributed by atoms with Crippen LogP contribution >= 0.6 is 0 Å². The van der Waals surface area contributed by atoms with Gasteiger partial charge in [0.2, 0.25) is 22.8 Å². The standard InChI is InChI=1S/C73H62N8O8S4/c1-90(82,83)54-25-17-50(18-26-54)45-76-41-9-5-13-62(76)70-58-33-34-59(74-58)71(63-14-6-10-42-77(63)46-51-19-27-55(28-20-51)91(2,84)85)68-39-40-69-73(65-16-8-12-44-79(65)48-53-23-31-57(32-24-53)93(4,88)89)61-36-35-60(75-61)72(67-38-37-66(70)80(67)49-81(68)69)64-15-7-11-43-78(64)47-52-21-29-56(30-22-52)92(3,86)87/h5-44H,45-49H2,1-4H3/q+4. The molecule has 462 valence electrons. The highest BCUT2D eigenvalue weighted by Crippen LogP contribution is 2.38. The second kappa shape index (κ2) is 23.5. The predicted molar refractivity (Wildman–Crippen MR) is 355 cm³/mol. The van der Waals surface area contributed by atoms with E-state index in [4.69, 9.17) is 9.98 Å². The van der Waals surface area contributed by atoms with Crippen LogP contribution in [0.3, 0.4) is 0 Å². The third kappa shape index (κ3) is 11.9. The maximum Gasteiger partial charge on any atom is 0.217 e. The van der Waals surface area contributed by atoms with Gasteiger partial charge in [-0.3, -0.25) is 0 Å². The van der Waals surface area contributed by atoms with Crippen molar-refractivity contribution < 1.29 is 51.9 Å². The van der Waals surface area contributed by atoms with Crippen molar-refractivity contribution in [3.05, 3.63) is 322 Å². The van der Waals surface area contributed by atoms with Gasteiger partial charge in [-0.2, -0.15) is 18.3 Å². The van der Waals surface area contributed by atoms with Gasteiger partial charge in [-0.15, -0.1) is 0 Å². The zero-order valence-corrected chi connectivity index (χ0v) is 54.4. The van der Waals surface area contributed by atoms with E-state index in [0.29, 0.717) is 49.0 Å². The van der Waals surface area contributed by atoms with Crippen molar-refractivity contribution in [3.8, 4) is 0 Å². The molecule has 0 fully saturated rings. The quantitative estimate of drug-likeness (QED) is 0.0955. The molecule has 0 amide bonds. The fourth-order valence-corrected chi connectivity index (χ4v) is 15.2. The molecule has 0 atom stereocenters. The van der Waals surface area contributed by atoms with Gasteiger partial charge in [0.25, 0.3) is 0 Å². The number of benzene rings is 4. The molecule has 93 heavy (non-hydrogen) atoms. The molecule has 0 spiro atoms. The van der Waals surface area contributed by atoms with Gasteiger partial charge >= 0.3 is 0 Å². The summed E-state index contributed by atoms with van der Waals surface area (Å²) in [4.78, 5) is 12.4. The number of allylic oxidation sites excluding steroid dienone is 4. The average Bonchev–Trinajstić information content (AvgIpc) is 1.59. The number of sulfone groups is 4. The zero-order chi connectivity index (χ0) is 64.6. The van der Waals surface area contributed by atoms with E-state index in [-0.39, 0.29) is 26.3 Å². The van der Waals surface area contributed by atoms with Crippen LogP contribution in [-0.4, -0.2) is 79.3 Å². The van der Waals surface area contributed by atoms with Crippen LogP contribution in [0.15, 0.2) is 284 Å². The monoisotopic (exact) mass is 1310 g/mol. The molecule has 4 aliphatic heterocycles. The van der Waals surface area contributed by atoms with E-state index >= 15 is 0 Å². The summed E-state index contributed by atoms with van der Waals surface area (Å²) in [7, 11) is -13.8. The van der Waals surface area contributed by atoms with E-state index in [2.05, 4.69) is 100 Å². The predicted octanol–water partition coefficient (Wildman–Crippen LogP) is 6.72. The maximum absolute atomic E-state index is 12.7. The highest BCUT2D eigenvalue weighted by atomic mass is 32.2. The summed E-state index contributed by atoms with van der Waals surface area (Å²) < 4.78 is 115. The molecule has 16 nitrogen and oxygen atoms in total. The van der Waals surface area contributed by atoms with Crippen molar-refractivity contribution in [2.75, 3.05) is 25.0 Å². The minimum atomic E-state index is -3.46. The Morgan fingerprint density at radius 3 is 0.882 bits per heavy atom. The van der Waals surface area contributed by atoms with Gasteiger partial charge in [0.1, 0.15) is 6.67 Å². The lowest BCUT2D eigenvalue weighted by atomic mass is 10.0. The van der Waals surface area contributed by atoms with E-state index in [1.165, 1.54) is 25.0 Å². The fourth-order valence-electron chi connectivity index (χ4n) is 12.6. The number of aromatic nitrogens is 6. The summed E-state index contributed by atoms with van der Waals surface area (Å²) in [6.45, 7) is 1.76. The summed E-state index contributed by atoms with van der Waals surface area (Å²) >= 11 is 0. The summed E-state index contributed by atoms with van der Waals surface area (Å²) in [5, 5.41) is 1.67. The topological polar surface area (TPSA) is 187 Å². The van der Waals surface area contributed by atoms with Gasteiger partial charge in [0.05, 0.1) is 86.8 Å². The summed E-state index contributed by atoms with van der Waals surface area (Å²) in [6, 6.07) is 60.8. The number of aliphatic imine (C=N–C) groups is 2. The van der Waals surface area contributed by atoms with Crippen molar-refractivity contribution in [2.45, 2.75) is 52.4 Å². The number of rotatable bonds is 16.